The standard InChI is InChI=1S/C22H25F6NO5/c1-4-5-15-10-16(20(21(23,24)25,22(26,27)28)33-13-31-3)6-7-19(15)34-18-8-9-29-17(11-18)12-32-14(2)30/h6,8-11,19H,4-5,7,12-13H2,1-3H3. The Kier molecular flexibility index (Phi) is 9.12. The molecule has 2 rings (SSSR count). The monoisotopic (exact) mass is 497 g/mol. The van der Waals surface area contributed by atoms with Gasteiger partial charge in [-0.15, -0.1) is 0 Å². The number of carbonyl (C=O) groups excluding carboxylic acids is 1. The molecule has 0 N–H and O–H groups in total. The summed E-state index contributed by atoms with van der Waals surface area (Å²) in [4.78, 5) is 15.0. The molecule has 1 atom stereocenters. The Morgan fingerprint density at radius 2 is 1.85 bits per heavy atom. The van der Waals surface area contributed by atoms with Gasteiger partial charge in [0.25, 0.3) is 5.60 Å². The van der Waals surface area contributed by atoms with Crippen molar-refractivity contribution in [3.8, 4) is 5.75 Å². The van der Waals surface area contributed by atoms with Gasteiger partial charge >= 0.3 is 18.3 Å². The molecule has 0 saturated heterocycles. The van der Waals surface area contributed by atoms with Crippen LogP contribution in [0.3, 0.4) is 0 Å². The Labute approximate surface area is 192 Å². The van der Waals surface area contributed by atoms with E-state index in [2.05, 4.69) is 14.5 Å². The van der Waals surface area contributed by atoms with E-state index in [0.29, 0.717) is 12.1 Å². The summed E-state index contributed by atoms with van der Waals surface area (Å²) >= 11 is 0. The Hall–Kier alpha value is -2.60. The summed E-state index contributed by atoms with van der Waals surface area (Å²) in [7, 11) is 0.930. The van der Waals surface area contributed by atoms with E-state index in [-0.39, 0.29) is 30.8 Å². The molecule has 12 heteroatoms. The van der Waals surface area contributed by atoms with E-state index in [1.165, 1.54) is 25.3 Å². The normalized spacial score (nSPS) is 17.1. The lowest BCUT2D eigenvalue weighted by Gasteiger charge is -2.39. The summed E-state index contributed by atoms with van der Waals surface area (Å²) in [5.74, 6) is -0.241. The molecule has 1 heterocycles. The predicted molar refractivity (Wildman–Crippen MR) is 108 cm³/mol. The molecule has 34 heavy (non-hydrogen) atoms. The molecule has 1 aliphatic rings. The number of alkyl halides is 6. The van der Waals surface area contributed by atoms with Crippen molar-refractivity contribution in [2.75, 3.05) is 13.9 Å². The largest absolute Gasteiger partial charge is 0.486 e. The Balaban J connectivity index is 2.39. The molecule has 1 unspecified atom stereocenters. The molecule has 1 aliphatic carbocycles. The molecule has 0 fully saturated rings. The number of hydrogen-bond acceptors (Lipinski definition) is 6. The second kappa shape index (κ2) is 11.2. The summed E-state index contributed by atoms with van der Waals surface area (Å²) in [6, 6.07) is 2.96. The minimum atomic E-state index is -5.80. The van der Waals surface area contributed by atoms with Gasteiger partial charge in [-0.25, -0.2) is 0 Å². The number of pyridine rings is 1. The zero-order valence-electron chi connectivity index (χ0n) is 18.8. The summed E-state index contributed by atoms with van der Waals surface area (Å²) in [5, 5.41) is 0. The summed E-state index contributed by atoms with van der Waals surface area (Å²) in [6.45, 7) is 1.64. The number of ether oxygens (including phenoxy) is 4. The molecule has 1 aromatic rings. The first-order chi connectivity index (χ1) is 15.9. The molecule has 1 aromatic heterocycles. The number of esters is 1. The average molecular weight is 497 g/mol. The maximum atomic E-state index is 13.9. The zero-order valence-corrected chi connectivity index (χ0v) is 18.8. The van der Waals surface area contributed by atoms with Gasteiger partial charge in [0, 0.05) is 32.7 Å². The van der Waals surface area contributed by atoms with Crippen LogP contribution in [0.5, 0.6) is 5.75 Å². The van der Waals surface area contributed by atoms with Crippen molar-refractivity contribution in [2.45, 2.75) is 63.8 Å². The van der Waals surface area contributed by atoms with Crippen molar-refractivity contribution >= 4 is 5.97 Å². The Morgan fingerprint density at radius 1 is 1.18 bits per heavy atom. The first-order valence-electron chi connectivity index (χ1n) is 10.3. The summed E-state index contributed by atoms with van der Waals surface area (Å²) in [6.07, 6.45) is -8.96. The van der Waals surface area contributed by atoms with E-state index in [4.69, 9.17) is 9.47 Å². The van der Waals surface area contributed by atoms with Crippen LogP contribution in [0.2, 0.25) is 0 Å². The van der Waals surface area contributed by atoms with E-state index in [9.17, 15) is 31.1 Å². The third-order valence-electron chi connectivity index (χ3n) is 4.93. The van der Waals surface area contributed by atoms with Crippen LogP contribution in [0, 0.1) is 0 Å². The van der Waals surface area contributed by atoms with E-state index in [0.717, 1.165) is 19.3 Å². The van der Waals surface area contributed by atoms with Crippen molar-refractivity contribution in [2.24, 2.45) is 0 Å². The smallest absolute Gasteiger partial charge is 0.430 e. The molecular formula is C22H25F6NO5. The van der Waals surface area contributed by atoms with Crippen molar-refractivity contribution in [1.82, 2.24) is 4.98 Å². The highest BCUT2D eigenvalue weighted by atomic mass is 19.4. The fourth-order valence-electron chi connectivity index (χ4n) is 3.46. The number of hydrogen-bond donors (Lipinski definition) is 0. The number of carbonyl (C=O) groups is 1. The van der Waals surface area contributed by atoms with Crippen molar-refractivity contribution in [1.29, 1.82) is 0 Å². The maximum absolute atomic E-state index is 13.9. The fourth-order valence-corrected chi connectivity index (χ4v) is 3.46. The molecule has 6 nitrogen and oxygen atoms in total. The quantitative estimate of drug-likeness (QED) is 0.244. The highest BCUT2D eigenvalue weighted by molar-refractivity contribution is 5.65. The first kappa shape index (κ1) is 27.6. The molecule has 0 radical (unpaired) electrons. The van der Waals surface area contributed by atoms with Gasteiger partial charge in [-0.2, -0.15) is 26.3 Å². The summed E-state index contributed by atoms with van der Waals surface area (Å²) in [5.41, 5.74) is -5.01. The van der Waals surface area contributed by atoms with Crippen LogP contribution in [0.1, 0.15) is 38.8 Å². The Bertz CT molecular complexity index is 896. The fraction of sp³-hybridized carbons (Fsp3) is 0.545. The topological polar surface area (TPSA) is 66.9 Å². The SMILES string of the molecule is CCCC1=CC(C(OCOC)(C(F)(F)F)C(F)(F)F)=CCC1Oc1ccnc(COC(C)=O)c1. The lowest BCUT2D eigenvalue weighted by molar-refractivity contribution is -0.375. The van der Waals surface area contributed by atoms with Crippen molar-refractivity contribution in [3.63, 3.8) is 0 Å². The van der Waals surface area contributed by atoms with Gasteiger partial charge < -0.3 is 18.9 Å². The van der Waals surface area contributed by atoms with Crippen molar-refractivity contribution < 1.29 is 50.1 Å². The molecule has 190 valence electrons. The first-order valence-corrected chi connectivity index (χ1v) is 10.3. The number of nitrogens with zero attached hydrogens (tertiary/aromatic N) is 1. The lowest BCUT2D eigenvalue weighted by Crippen LogP contribution is -2.60. The van der Waals surface area contributed by atoms with Gasteiger partial charge in [0.15, 0.2) is 0 Å². The van der Waals surface area contributed by atoms with Crippen LogP contribution in [0.25, 0.3) is 0 Å². The van der Waals surface area contributed by atoms with Crippen LogP contribution < -0.4 is 4.74 Å². The highest BCUT2D eigenvalue weighted by Crippen LogP contribution is 2.52. The third-order valence-corrected chi connectivity index (χ3v) is 4.93. The van der Waals surface area contributed by atoms with Gasteiger partial charge in [0.2, 0.25) is 0 Å². The molecule has 0 aliphatic heterocycles. The lowest BCUT2D eigenvalue weighted by atomic mass is 9.83. The zero-order chi connectivity index (χ0) is 25.6. The summed E-state index contributed by atoms with van der Waals surface area (Å²) < 4.78 is 103. The van der Waals surface area contributed by atoms with Gasteiger partial charge in [-0.05, 0) is 23.6 Å². The van der Waals surface area contributed by atoms with Gasteiger partial charge in [0.05, 0.1) is 5.69 Å². The minimum Gasteiger partial charge on any atom is -0.486 e. The van der Waals surface area contributed by atoms with Gasteiger partial charge in [0.1, 0.15) is 25.3 Å². The van der Waals surface area contributed by atoms with E-state index in [1.807, 2.05) is 0 Å². The molecule has 0 saturated carbocycles. The van der Waals surface area contributed by atoms with Crippen molar-refractivity contribution in [3.05, 3.63) is 47.3 Å². The van der Waals surface area contributed by atoms with Crippen LogP contribution in [-0.4, -0.2) is 48.9 Å². The van der Waals surface area contributed by atoms with Gasteiger partial charge in [-0.1, -0.05) is 25.5 Å². The van der Waals surface area contributed by atoms with Crippen LogP contribution in [0.15, 0.2) is 41.6 Å². The predicted octanol–water partition coefficient (Wildman–Crippen LogP) is 5.43. The molecule has 0 aromatic carbocycles. The molecule has 0 amide bonds. The van der Waals surface area contributed by atoms with Crippen LogP contribution in [-0.2, 0) is 25.6 Å². The number of aromatic nitrogens is 1. The third kappa shape index (κ3) is 6.29. The number of methoxy groups -OCH3 is 1. The van der Waals surface area contributed by atoms with E-state index < -0.39 is 42.4 Å². The number of rotatable bonds is 10. The van der Waals surface area contributed by atoms with Crippen LogP contribution in [0.4, 0.5) is 26.3 Å². The van der Waals surface area contributed by atoms with E-state index >= 15 is 0 Å². The number of halogens is 6. The molecule has 0 bridgehead atoms. The van der Waals surface area contributed by atoms with Gasteiger partial charge in [-0.3, -0.25) is 9.78 Å². The second-order valence-corrected chi connectivity index (χ2v) is 7.46. The highest BCUT2D eigenvalue weighted by Gasteiger charge is 2.74. The minimum absolute atomic E-state index is 0.116. The maximum Gasteiger partial charge on any atom is 0.430 e. The molecule has 0 spiro atoms. The van der Waals surface area contributed by atoms with Crippen LogP contribution >= 0.6 is 0 Å². The molecular weight excluding hydrogens is 472 g/mol. The second-order valence-electron chi connectivity index (χ2n) is 7.46. The van der Waals surface area contributed by atoms with E-state index in [1.54, 1.807) is 6.92 Å². The Morgan fingerprint density at radius 3 is 2.41 bits per heavy atom. The average Bonchev–Trinajstić information content (AvgIpc) is 2.73.